The van der Waals surface area contributed by atoms with Gasteiger partial charge in [-0.2, -0.15) is 5.26 Å². The molecule has 0 spiro atoms. The lowest BCUT2D eigenvalue weighted by Crippen LogP contribution is -2.31. The second-order valence-corrected chi connectivity index (χ2v) is 8.74. The molecule has 4 rings (SSSR count). The van der Waals surface area contributed by atoms with E-state index in [9.17, 15) is 10.1 Å². The van der Waals surface area contributed by atoms with Crippen LogP contribution in [-0.4, -0.2) is 28.2 Å². The van der Waals surface area contributed by atoms with Crippen molar-refractivity contribution in [2.24, 2.45) is 5.92 Å². The van der Waals surface area contributed by atoms with Gasteiger partial charge in [0, 0.05) is 29.4 Å². The van der Waals surface area contributed by atoms with Gasteiger partial charge >= 0.3 is 6.09 Å². The quantitative estimate of drug-likeness (QED) is 0.349. The van der Waals surface area contributed by atoms with Crippen LogP contribution in [0.1, 0.15) is 43.4 Å². The van der Waals surface area contributed by atoms with Crippen LogP contribution in [0.25, 0.3) is 22.0 Å². The van der Waals surface area contributed by atoms with Crippen molar-refractivity contribution in [3.63, 3.8) is 0 Å². The molecule has 0 fully saturated rings. The third-order valence-electron chi connectivity index (χ3n) is 5.66. The lowest BCUT2D eigenvalue weighted by Gasteiger charge is -2.20. The fraction of sp³-hybridized carbons (Fsp3) is 0.250. The molecule has 0 aliphatic carbocycles. The van der Waals surface area contributed by atoms with Crippen LogP contribution in [0.2, 0.25) is 0 Å². The van der Waals surface area contributed by atoms with E-state index in [1.165, 1.54) is 0 Å². The van der Waals surface area contributed by atoms with Gasteiger partial charge in [0.05, 0.1) is 18.7 Å². The summed E-state index contributed by atoms with van der Waals surface area (Å²) < 4.78 is 11.0. The lowest BCUT2D eigenvalue weighted by molar-refractivity contribution is 0.133. The van der Waals surface area contributed by atoms with Crippen LogP contribution < -0.4 is 10.1 Å². The van der Waals surface area contributed by atoms with Crippen LogP contribution >= 0.6 is 0 Å². The lowest BCUT2D eigenvalue weighted by atomic mass is 10.0. The number of rotatable bonds is 8. The van der Waals surface area contributed by atoms with E-state index in [1.54, 1.807) is 25.6 Å². The van der Waals surface area contributed by atoms with E-state index in [0.29, 0.717) is 28.9 Å². The Balaban J connectivity index is 1.68. The minimum Gasteiger partial charge on any atom is -0.496 e. The van der Waals surface area contributed by atoms with Gasteiger partial charge in [0.25, 0.3) is 0 Å². The van der Waals surface area contributed by atoms with Gasteiger partial charge in [0.15, 0.2) is 11.5 Å². The summed E-state index contributed by atoms with van der Waals surface area (Å²) in [4.78, 5) is 26.0. The molecule has 4 aromatic rings. The number of fused-ring (bicyclic) bond motifs is 1. The smallest absolute Gasteiger partial charge is 0.408 e. The van der Waals surface area contributed by atoms with Crippen molar-refractivity contribution in [2.75, 3.05) is 7.11 Å². The zero-order valence-electron chi connectivity index (χ0n) is 20.4. The molecule has 0 saturated carbocycles. The maximum absolute atomic E-state index is 12.6. The number of hydrogen-bond acceptors (Lipinski definition) is 7. The summed E-state index contributed by atoms with van der Waals surface area (Å²) in [6, 6.07) is 18.5. The Hall–Kier alpha value is -4.51. The molecule has 0 aliphatic rings. The molecule has 182 valence electrons. The molecule has 1 atom stereocenters. The van der Waals surface area contributed by atoms with Gasteiger partial charge < -0.3 is 14.8 Å². The van der Waals surface area contributed by atoms with Crippen LogP contribution in [0.4, 0.5) is 4.79 Å². The number of carbonyl (C=O) groups is 1. The van der Waals surface area contributed by atoms with Crippen LogP contribution in [0.3, 0.4) is 0 Å². The Kier molecular flexibility index (Phi) is 7.71. The Labute approximate surface area is 210 Å². The summed E-state index contributed by atoms with van der Waals surface area (Å²) >= 11 is 0. The minimum atomic E-state index is -0.572. The number of carbonyl (C=O) groups excluding carboxylic acids is 1. The number of nitrogens with one attached hydrogen (secondary N) is 1. The molecule has 1 N–H and O–H groups in total. The molecule has 0 saturated heterocycles. The average molecular weight is 482 g/mol. The van der Waals surface area contributed by atoms with E-state index in [0.717, 1.165) is 16.7 Å². The number of benzene rings is 2. The molecule has 0 bridgehead atoms. The maximum atomic E-state index is 12.6. The van der Waals surface area contributed by atoms with E-state index < -0.39 is 12.1 Å². The van der Waals surface area contributed by atoms with Gasteiger partial charge in [0.2, 0.25) is 0 Å². The molecule has 2 aromatic heterocycles. The van der Waals surface area contributed by atoms with E-state index in [-0.39, 0.29) is 18.2 Å². The highest BCUT2D eigenvalue weighted by Gasteiger charge is 2.23. The SMILES string of the molecule is COc1cc2nc(C(CC(C)C)NC(=O)OCc3ccccc3)nc(C#N)c2cc1-c1ccncc1. The second kappa shape index (κ2) is 11.3. The van der Waals surface area contributed by atoms with Crippen molar-refractivity contribution in [1.29, 1.82) is 5.26 Å². The zero-order chi connectivity index (χ0) is 25.5. The van der Waals surface area contributed by atoms with E-state index in [1.807, 2.05) is 62.4 Å². The molecule has 0 radical (unpaired) electrons. The summed E-state index contributed by atoms with van der Waals surface area (Å²) in [5, 5.41) is 13.4. The fourth-order valence-corrected chi connectivity index (χ4v) is 3.95. The molecular weight excluding hydrogens is 454 g/mol. The topological polar surface area (TPSA) is 110 Å². The normalized spacial score (nSPS) is 11.6. The summed E-state index contributed by atoms with van der Waals surface area (Å²) in [6.45, 7) is 4.23. The Morgan fingerprint density at radius 1 is 1.08 bits per heavy atom. The number of alkyl carbamates (subject to hydrolysis) is 1. The van der Waals surface area contributed by atoms with E-state index in [2.05, 4.69) is 21.4 Å². The van der Waals surface area contributed by atoms with Crippen LogP contribution in [0.5, 0.6) is 5.75 Å². The van der Waals surface area contributed by atoms with Crippen LogP contribution in [-0.2, 0) is 11.3 Å². The van der Waals surface area contributed by atoms with Gasteiger partial charge in [-0.3, -0.25) is 4.98 Å². The summed E-state index contributed by atoms with van der Waals surface area (Å²) in [5.74, 6) is 1.19. The number of nitriles is 1. The second-order valence-electron chi connectivity index (χ2n) is 8.74. The Bertz CT molecular complexity index is 1390. The number of methoxy groups -OCH3 is 1. The van der Waals surface area contributed by atoms with Crippen molar-refractivity contribution in [2.45, 2.75) is 32.9 Å². The van der Waals surface area contributed by atoms with Crippen molar-refractivity contribution >= 4 is 17.0 Å². The van der Waals surface area contributed by atoms with E-state index in [4.69, 9.17) is 14.5 Å². The molecule has 2 aromatic carbocycles. The van der Waals surface area contributed by atoms with Gasteiger partial charge in [-0.25, -0.2) is 14.8 Å². The molecule has 8 heteroatoms. The molecular formula is C28H27N5O3. The first-order chi connectivity index (χ1) is 17.5. The Morgan fingerprint density at radius 3 is 2.50 bits per heavy atom. The van der Waals surface area contributed by atoms with Crippen molar-refractivity contribution in [3.8, 4) is 22.9 Å². The maximum Gasteiger partial charge on any atom is 0.408 e. The van der Waals surface area contributed by atoms with Crippen molar-refractivity contribution in [1.82, 2.24) is 20.3 Å². The molecule has 2 heterocycles. The number of hydrogen-bond donors (Lipinski definition) is 1. The number of pyridine rings is 1. The third-order valence-corrected chi connectivity index (χ3v) is 5.66. The van der Waals surface area contributed by atoms with Crippen molar-refractivity contribution < 1.29 is 14.3 Å². The third kappa shape index (κ3) is 5.76. The number of amides is 1. The predicted octanol–water partition coefficient (Wildman–Crippen LogP) is 5.59. The molecule has 8 nitrogen and oxygen atoms in total. The Morgan fingerprint density at radius 2 is 1.83 bits per heavy atom. The monoisotopic (exact) mass is 481 g/mol. The average Bonchev–Trinajstić information content (AvgIpc) is 2.91. The van der Waals surface area contributed by atoms with Crippen LogP contribution in [0, 0.1) is 17.2 Å². The standard InChI is InChI=1S/C28H27N5O3/c1-18(2)13-24(33-28(34)36-17-19-7-5-4-6-8-19)27-31-23-15-26(35-3)21(20-9-11-30-12-10-20)14-22(23)25(16-29)32-27/h4-12,14-15,18,24H,13,17H2,1-3H3,(H,33,34). The number of ether oxygens (including phenoxy) is 2. The molecule has 36 heavy (non-hydrogen) atoms. The van der Waals surface area contributed by atoms with E-state index >= 15 is 0 Å². The summed E-state index contributed by atoms with van der Waals surface area (Å²) in [5.41, 5.74) is 3.37. The fourth-order valence-electron chi connectivity index (χ4n) is 3.95. The van der Waals surface area contributed by atoms with Gasteiger partial charge in [0.1, 0.15) is 18.4 Å². The summed E-state index contributed by atoms with van der Waals surface area (Å²) in [7, 11) is 1.59. The molecule has 0 aliphatic heterocycles. The van der Waals surface area contributed by atoms with Gasteiger partial charge in [-0.1, -0.05) is 44.2 Å². The van der Waals surface area contributed by atoms with Crippen molar-refractivity contribution in [3.05, 3.63) is 84.1 Å². The highest BCUT2D eigenvalue weighted by atomic mass is 16.5. The first-order valence-electron chi connectivity index (χ1n) is 11.7. The largest absolute Gasteiger partial charge is 0.496 e. The minimum absolute atomic E-state index is 0.151. The number of nitrogens with zero attached hydrogens (tertiary/aromatic N) is 4. The molecule has 1 unspecified atom stereocenters. The number of aromatic nitrogens is 3. The first kappa shape index (κ1) is 24.6. The predicted molar refractivity (Wildman–Crippen MR) is 136 cm³/mol. The first-order valence-corrected chi connectivity index (χ1v) is 11.7. The highest BCUT2D eigenvalue weighted by Crippen LogP contribution is 2.35. The highest BCUT2D eigenvalue weighted by molar-refractivity contribution is 5.91. The summed E-state index contributed by atoms with van der Waals surface area (Å²) in [6.07, 6.45) is 3.40. The zero-order valence-corrected chi connectivity index (χ0v) is 20.4. The van der Waals surface area contributed by atoms with Crippen LogP contribution in [0.15, 0.2) is 67.0 Å². The van der Waals surface area contributed by atoms with Gasteiger partial charge in [-0.05, 0) is 41.7 Å². The van der Waals surface area contributed by atoms with Gasteiger partial charge in [-0.15, -0.1) is 0 Å². The molecule has 1 amide bonds.